The van der Waals surface area contributed by atoms with Crippen LogP contribution in [0.4, 0.5) is 20.2 Å². The lowest BCUT2D eigenvalue weighted by molar-refractivity contribution is 0.152. The van der Waals surface area contributed by atoms with Gasteiger partial charge >= 0.3 is 0 Å². The zero-order valence-electron chi connectivity index (χ0n) is 10.3. The molecule has 1 saturated heterocycles. The van der Waals surface area contributed by atoms with Crippen molar-refractivity contribution in [3.8, 4) is 0 Å². The molecular weight excluding hydrogens is 274 g/mol. The van der Waals surface area contributed by atoms with Crippen LogP contribution < -0.4 is 11.1 Å². The van der Waals surface area contributed by atoms with Gasteiger partial charge in [0.15, 0.2) is 9.84 Å². The number of sulfone groups is 1. The molecule has 0 amide bonds. The number of nitrogen functional groups attached to an aromatic ring is 1. The predicted octanol–water partition coefficient (Wildman–Crippen LogP) is 2.20. The number of nitrogens with two attached hydrogens (primary N) is 1. The van der Waals surface area contributed by atoms with Crippen molar-refractivity contribution in [1.29, 1.82) is 0 Å². The van der Waals surface area contributed by atoms with Crippen LogP contribution in [0, 0.1) is 0 Å². The summed E-state index contributed by atoms with van der Waals surface area (Å²) < 4.78 is 48.8. The summed E-state index contributed by atoms with van der Waals surface area (Å²) in [5.74, 6) is 0.161. The second-order valence-electron chi connectivity index (χ2n) is 4.75. The average molecular weight is 290 g/mol. The topological polar surface area (TPSA) is 72.2 Å². The molecule has 0 saturated carbocycles. The molecule has 106 valence electrons. The quantitative estimate of drug-likeness (QED) is 0.837. The molecular formula is C12H16F2N2O2S. The molecule has 0 bridgehead atoms. The van der Waals surface area contributed by atoms with Gasteiger partial charge in [0, 0.05) is 23.0 Å². The first-order valence-corrected chi connectivity index (χ1v) is 7.84. The highest BCUT2D eigenvalue weighted by Gasteiger charge is 2.25. The van der Waals surface area contributed by atoms with Crippen LogP contribution in [0.2, 0.25) is 0 Å². The molecule has 2 rings (SSSR count). The fourth-order valence-electron chi connectivity index (χ4n) is 2.25. The van der Waals surface area contributed by atoms with Crippen molar-refractivity contribution in [3.63, 3.8) is 0 Å². The maximum Gasteiger partial charge on any atom is 0.265 e. The third-order valence-corrected chi connectivity index (χ3v) is 4.95. The number of anilines is 2. The Balaban J connectivity index is 2.19. The first-order chi connectivity index (χ1) is 8.87. The number of alkyl halides is 2. The Labute approximate surface area is 110 Å². The van der Waals surface area contributed by atoms with Crippen LogP contribution >= 0.6 is 0 Å². The van der Waals surface area contributed by atoms with Crippen LogP contribution in [0.25, 0.3) is 0 Å². The highest BCUT2D eigenvalue weighted by atomic mass is 32.2. The van der Waals surface area contributed by atoms with Gasteiger partial charge in [0.2, 0.25) is 0 Å². The summed E-state index contributed by atoms with van der Waals surface area (Å²) in [4.78, 5) is 0. The monoisotopic (exact) mass is 290 g/mol. The van der Waals surface area contributed by atoms with Gasteiger partial charge in [0.05, 0.1) is 11.5 Å². The summed E-state index contributed by atoms with van der Waals surface area (Å²) in [7, 11) is -3.07. The van der Waals surface area contributed by atoms with E-state index in [1.54, 1.807) is 0 Å². The molecule has 0 aliphatic carbocycles. The van der Waals surface area contributed by atoms with Gasteiger partial charge in [-0.1, -0.05) is 0 Å². The lowest BCUT2D eigenvalue weighted by Gasteiger charge is -2.25. The van der Waals surface area contributed by atoms with Gasteiger partial charge in [-0.05, 0) is 31.0 Å². The summed E-state index contributed by atoms with van der Waals surface area (Å²) in [5.41, 5.74) is 5.81. The number of hydrogen-bond acceptors (Lipinski definition) is 4. The van der Waals surface area contributed by atoms with E-state index in [0.29, 0.717) is 12.8 Å². The van der Waals surface area contributed by atoms with Gasteiger partial charge in [0.25, 0.3) is 6.43 Å². The van der Waals surface area contributed by atoms with Crippen LogP contribution in [-0.4, -0.2) is 26.0 Å². The largest absolute Gasteiger partial charge is 0.399 e. The van der Waals surface area contributed by atoms with Gasteiger partial charge in [-0.15, -0.1) is 0 Å². The van der Waals surface area contributed by atoms with Crippen LogP contribution in [0.5, 0.6) is 0 Å². The molecule has 1 unspecified atom stereocenters. The number of nitrogens with one attached hydrogen (secondary N) is 1. The van der Waals surface area contributed by atoms with Crippen LogP contribution in [0.1, 0.15) is 24.8 Å². The number of benzene rings is 1. The van der Waals surface area contributed by atoms with Gasteiger partial charge in [0.1, 0.15) is 0 Å². The molecule has 1 atom stereocenters. The fraction of sp³-hybridized carbons (Fsp3) is 0.500. The van der Waals surface area contributed by atoms with E-state index in [0.717, 1.165) is 0 Å². The Morgan fingerprint density at radius 3 is 2.74 bits per heavy atom. The molecule has 0 spiro atoms. The summed E-state index contributed by atoms with van der Waals surface area (Å²) in [6, 6.07) is 3.88. The third kappa shape index (κ3) is 3.56. The third-order valence-electron chi connectivity index (χ3n) is 3.13. The molecule has 1 aliphatic rings. The molecule has 1 fully saturated rings. The molecule has 0 radical (unpaired) electrons. The molecule has 1 aromatic carbocycles. The van der Waals surface area contributed by atoms with Gasteiger partial charge < -0.3 is 11.1 Å². The Morgan fingerprint density at radius 1 is 1.37 bits per heavy atom. The minimum atomic E-state index is -3.07. The smallest absolute Gasteiger partial charge is 0.265 e. The molecule has 0 aromatic heterocycles. The number of halogens is 2. The minimum absolute atomic E-state index is 0.0138. The second-order valence-corrected chi connectivity index (χ2v) is 6.97. The first-order valence-electron chi connectivity index (χ1n) is 6.02. The molecule has 1 aliphatic heterocycles. The van der Waals surface area contributed by atoms with Gasteiger partial charge in [-0.2, -0.15) is 0 Å². The Morgan fingerprint density at radius 2 is 2.11 bits per heavy atom. The highest BCUT2D eigenvalue weighted by Crippen LogP contribution is 2.30. The van der Waals surface area contributed by atoms with E-state index in [-0.39, 0.29) is 34.5 Å². The molecule has 19 heavy (non-hydrogen) atoms. The van der Waals surface area contributed by atoms with E-state index in [4.69, 9.17) is 5.73 Å². The Kier molecular flexibility index (Phi) is 3.93. The van der Waals surface area contributed by atoms with Crippen molar-refractivity contribution >= 4 is 21.2 Å². The van der Waals surface area contributed by atoms with Crippen LogP contribution in [0.3, 0.4) is 0 Å². The molecule has 3 N–H and O–H groups in total. The maximum atomic E-state index is 12.9. The summed E-state index contributed by atoms with van der Waals surface area (Å²) in [6.07, 6.45) is -1.43. The fourth-order valence-corrected chi connectivity index (χ4v) is 3.89. The van der Waals surface area contributed by atoms with E-state index in [2.05, 4.69) is 5.32 Å². The van der Waals surface area contributed by atoms with E-state index >= 15 is 0 Å². The number of hydrogen-bond donors (Lipinski definition) is 2. The highest BCUT2D eigenvalue weighted by molar-refractivity contribution is 7.91. The molecule has 4 nitrogen and oxygen atoms in total. The van der Waals surface area contributed by atoms with Crippen molar-refractivity contribution < 1.29 is 17.2 Å². The van der Waals surface area contributed by atoms with E-state index in [1.807, 2.05) is 0 Å². The summed E-state index contributed by atoms with van der Waals surface area (Å²) >= 11 is 0. The SMILES string of the molecule is Nc1ccc(NC2CCCS(=O)(=O)C2)c(C(F)F)c1. The van der Waals surface area contributed by atoms with Crippen molar-refractivity contribution in [3.05, 3.63) is 23.8 Å². The van der Waals surface area contributed by atoms with E-state index in [9.17, 15) is 17.2 Å². The first kappa shape index (κ1) is 14.0. The minimum Gasteiger partial charge on any atom is -0.399 e. The van der Waals surface area contributed by atoms with Crippen molar-refractivity contribution in [2.45, 2.75) is 25.3 Å². The lowest BCUT2D eigenvalue weighted by Crippen LogP contribution is -2.35. The van der Waals surface area contributed by atoms with E-state index in [1.165, 1.54) is 18.2 Å². The van der Waals surface area contributed by atoms with Gasteiger partial charge in [-0.3, -0.25) is 0 Å². The summed E-state index contributed by atoms with van der Waals surface area (Å²) in [5, 5.41) is 2.90. The van der Waals surface area contributed by atoms with Crippen molar-refractivity contribution in [2.75, 3.05) is 22.6 Å². The molecule has 1 heterocycles. The number of rotatable bonds is 3. The zero-order valence-corrected chi connectivity index (χ0v) is 11.1. The second kappa shape index (κ2) is 5.32. The Hall–Kier alpha value is -1.37. The van der Waals surface area contributed by atoms with Crippen LogP contribution in [-0.2, 0) is 9.84 Å². The van der Waals surface area contributed by atoms with Crippen LogP contribution in [0.15, 0.2) is 18.2 Å². The predicted molar refractivity (Wildman–Crippen MR) is 71.1 cm³/mol. The van der Waals surface area contributed by atoms with Crippen molar-refractivity contribution in [1.82, 2.24) is 0 Å². The van der Waals surface area contributed by atoms with E-state index < -0.39 is 16.3 Å². The average Bonchev–Trinajstić information content (AvgIpc) is 2.30. The van der Waals surface area contributed by atoms with Gasteiger partial charge in [-0.25, -0.2) is 17.2 Å². The Bertz CT molecular complexity index is 561. The molecule has 1 aromatic rings. The van der Waals surface area contributed by atoms with Crippen molar-refractivity contribution in [2.24, 2.45) is 0 Å². The standard InChI is InChI=1S/C12H16F2N2O2S/c13-12(14)10-6-8(15)3-4-11(10)16-9-2-1-5-19(17,18)7-9/h3-4,6,9,12,16H,1-2,5,7,15H2. The summed E-state index contributed by atoms with van der Waals surface area (Å²) in [6.45, 7) is 0. The zero-order chi connectivity index (χ0) is 14.0. The maximum absolute atomic E-state index is 12.9. The molecule has 7 heteroatoms. The normalized spacial score (nSPS) is 22.4. The lowest BCUT2D eigenvalue weighted by atomic mass is 10.1.